The third-order valence-electron chi connectivity index (χ3n) is 2.75. The molecule has 1 saturated carbocycles. The van der Waals surface area contributed by atoms with Gasteiger partial charge in [0, 0.05) is 12.2 Å². The zero-order valence-corrected chi connectivity index (χ0v) is 9.98. The number of hydrogen-bond donors (Lipinski definition) is 1. The molecule has 2 rings (SSSR count). The number of pyridine rings is 1. The maximum absolute atomic E-state index is 6.04. The molecule has 0 aliphatic heterocycles. The fourth-order valence-corrected chi connectivity index (χ4v) is 2.40. The minimum atomic E-state index is 0.518. The number of hydrogen-bond acceptors (Lipinski definition) is 2. The lowest BCUT2D eigenvalue weighted by Gasteiger charge is -2.23. The Balaban J connectivity index is 2.03. The van der Waals surface area contributed by atoms with Crippen LogP contribution in [-0.2, 0) is 0 Å². The number of anilines is 1. The van der Waals surface area contributed by atoms with Gasteiger partial charge in [0.25, 0.3) is 0 Å². The number of nitrogens with one attached hydrogen (secondary N) is 1. The topological polar surface area (TPSA) is 24.9 Å². The summed E-state index contributed by atoms with van der Waals surface area (Å²) in [5.74, 6) is 0.757. The van der Waals surface area contributed by atoms with Crippen LogP contribution in [-0.4, -0.2) is 11.0 Å². The summed E-state index contributed by atoms with van der Waals surface area (Å²) in [6, 6.07) is 2.24. The molecule has 1 aliphatic carbocycles. The van der Waals surface area contributed by atoms with Gasteiger partial charge in [-0.1, -0.05) is 42.5 Å². The normalized spacial score (nSPS) is 17.7. The Bertz CT molecular complexity index is 335. The molecule has 0 bridgehead atoms. The molecule has 1 aliphatic rings. The van der Waals surface area contributed by atoms with Crippen molar-refractivity contribution in [2.24, 2.45) is 0 Å². The lowest BCUT2D eigenvalue weighted by atomic mass is 9.95. The van der Waals surface area contributed by atoms with Gasteiger partial charge in [0.15, 0.2) is 0 Å². The van der Waals surface area contributed by atoms with Gasteiger partial charge in [0.1, 0.15) is 5.82 Å². The van der Waals surface area contributed by atoms with Crippen LogP contribution in [0.5, 0.6) is 0 Å². The Kier molecular flexibility index (Phi) is 3.71. The first-order chi connectivity index (χ1) is 7.25. The summed E-state index contributed by atoms with van der Waals surface area (Å²) >= 11 is 11.8. The molecule has 0 atom stereocenters. The molecular weight excluding hydrogens is 231 g/mol. The fraction of sp³-hybridized carbons (Fsp3) is 0.545. The lowest BCUT2D eigenvalue weighted by Crippen LogP contribution is -2.22. The highest BCUT2D eigenvalue weighted by Crippen LogP contribution is 2.26. The smallest absolute Gasteiger partial charge is 0.145 e. The zero-order chi connectivity index (χ0) is 10.7. The van der Waals surface area contributed by atoms with Gasteiger partial charge in [-0.3, -0.25) is 0 Å². The molecule has 0 amide bonds. The van der Waals surface area contributed by atoms with E-state index in [1.165, 1.54) is 32.1 Å². The van der Waals surface area contributed by atoms with Crippen molar-refractivity contribution < 1.29 is 0 Å². The quantitative estimate of drug-likeness (QED) is 0.847. The van der Waals surface area contributed by atoms with E-state index < -0.39 is 0 Å². The molecule has 2 nitrogen and oxygen atoms in total. The van der Waals surface area contributed by atoms with Crippen LogP contribution in [0.2, 0.25) is 10.0 Å². The molecule has 1 aromatic rings. The van der Waals surface area contributed by atoms with E-state index in [2.05, 4.69) is 10.3 Å². The van der Waals surface area contributed by atoms with Crippen molar-refractivity contribution in [2.45, 2.75) is 38.1 Å². The van der Waals surface area contributed by atoms with Gasteiger partial charge in [0.2, 0.25) is 0 Å². The number of rotatable bonds is 2. The minimum absolute atomic E-state index is 0.518. The van der Waals surface area contributed by atoms with Gasteiger partial charge >= 0.3 is 0 Å². The second-order valence-corrected chi connectivity index (χ2v) is 4.81. The predicted molar refractivity (Wildman–Crippen MR) is 64.8 cm³/mol. The van der Waals surface area contributed by atoms with Gasteiger partial charge in [-0.25, -0.2) is 4.98 Å². The number of halogens is 2. The van der Waals surface area contributed by atoms with Crippen LogP contribution in [0.4, 0.5) is 5.82 Å². The van der Waals surface area contributed by atoms with Crippen LogP contribution < -0.4 is 5.32 Å². The van der Waals surface area contributed by atoms with E-state index in [1.807, 2.05) is 0 Å². The average Bonchev–Trinajstić information content (AvgIpc) is 2.24. The van der Waals surface area contributed by atoms with E-state index in [-0.39, 0.29) is 0 Å². The van der Waals surface area contributed by atoms with Gasteiger partial charge in [0.05, 0.1) is 10.0 Å². The summed E-state index contributed by atoms with van der Waals surface area (Å²) in [5, 5.41) is 4.56. The summed E-state index contributed by atoms with van der Waals surface area (Å²) in [7, 11) is 0. The molecule has 0 saturated heterocycles. The maximum atomic E-state index is 6.04. The monoisotopic (exact) mass is 244 g/mol. The van der Waals surface area contributed by atoms with Gasteiger partial charge < -0.3 is 5.32 Å². The fourth-order valence-electron chi connectivity index (χ4n) is 1.96. The van der Waals surface area contributed by atoms with E-state index in [9.17, 15) is 0 Å². The first-order valence-corrected chi connectivity index (χ1v) is 6.09. The SMILES string of the molecule is Clc1cnc(NC2CCCCC2)c(Cl)c1. The molecule has 4 heteroatoms. The van der Waals surface area contributed by atoms with Crippen molar-refractivity contribution in [3.8, 4) is 0 Å². The van der Waals surface area contributed by atoms with Crippen LogP contribution in [0.1, 0.15) is 32.1 Å². The van der Waals surface area contributed by atoms with Gasteiger partial charge in [-0.15, -0.1) is 0 Å². The molecule has 82 valence electrons. The first kappa shape index (κ1) is 11.0. The Labute approximate surface area is 100.0 Å². The molecule has 0 aromatic carbocycles. The van der Waals surface area contributed by atoms with Crippen LogP contribution >= 0.6 is 23.2 Å². The summed E-state index contributed by atoms with van der Waals surface area (Å²) in [5.41, 5.74) is 0. The van der Waals surface area contributed by atoms with Gasteiger partial charge in [-0.05, 0) is 18.9 Å². The lowest BCUT2D eigenvalue weighted by molar-refractivity contribution is 0.462. The van der Waals surface area contributed by atoms with E-state index in [0.717, 1.165) is 5.82 Å². The summed E-state index contributed by atoms with van der Waals surface area (Å²) < 4.78 is 0. The first-order valence-electron chi connectivity index (χ1n) is 5.33. The van der Waals surface area contributed by atoms with Crippen LogP contribution in [0, 0.1) is 0 Å². The van der Waals surface area contributed by atoms with E-state index in [4.69, 9.17) is 23.2 Å². The largest absolute Gasteiger partial charge is 0.366 e. The van der Waals surface area contributed by atoms with Crippen molar-refractivity contribution in [3.05, 3.63) is 22.3 Å². The molecule has 0 radical (unpaired) electrons. The van der Waals surface area contributed by atoms with E-state index in [0.29, 0.717) is 16.1 Å². The summed E-state index contributed by atoms with van der Waals surface area (Å²) in [4.78, 5) is 4.20. The van der Waals surface area contributed by atoms with Crippen LogP contribution in [0.25, 0.3) is 0 Å². The van der Waals surface area contributed by atoms with Gasteiger partial charge in [-0.2, -0.15) is 0 Å². The van der Waals surface area contributed by atoms with Crippen LogP contribution in [0.15, 0.2) is 12.3 Å². The molecule has 0 spiro atoms. The highest BCUT2D eigenvalue weighted by molar-refractivity contribution is 6.35. The summed E-state index contributed by atoms with van der Waals surface area (Å²) in [6.07, 6.45) is 7.98. The highest BCUT2D eigenvalue weighted by Gasteiger charge is 2.14. The highest BCUT2D eigenvalue weighted by atomic mass is 35.5. The molecule has 15 heavy (non-hydrogen) atoms. The Morgan fingerprint density at radius 2 is 1.93 bits per heavy atom. The molecule has 0 unspecified atom stereocenters. The number of aromatic nitrogens is 1. The minimum Gasteiger partial charge on any atom is -0.366 e. The van der Waals surface area contributed by atoms with Crippen molar-refractivity contribution >= 4 is 29.0 Å². The van der Waals surface area contributed by atoms with Crippen molar-refractivity contribution in [1.82, 2.24) is 4.98 Å². The summed E-state index contributed by atoms with van der Waals surface area (Å²) in [6.45, 7) is 0. The predicted octanol–water partition coefficient (Wildman–Crippen LogP) is 4.13. The van der Waals surface area contributed by atoms with Crippen molar-refractivity contribution in [3.63, 3.8) is 0 Å². The Morgan fingerprint density at radius 3 is 2.60 bits per heavy atom. The number of nitrogens with zero attached hydrogens (tertiary/aromatic N) is 1. The Hall–Kier alpha value is -0.470. The van der Waals surface area contributed by atoms with Crippen molar-refractivity contribution in [2.75, 3.05) is 5.32 Å². The van der Waals surface area contributed by atoms with Crippen LogP contribution in [0.3, 0.4) is 0 Å². The Morgan fingerprint density at radius 1 is 1.20 bits per heavy atom. The maximum Gasteiger partial charge on any atom is 0.145 e. The second-order valence-electron chi connectivity index (χ2n) is 3.96. The second kappa shape index (κ2) is 5.04. The molecule has 1 N–H and O–H groups in total. The zero-order valence-electron chi connectivity index (χ0n) is 8.47. The molecular formula is C11H14Cl2N2. The van der Waals surface area contributed by atoms with E-state index in [1.54, 1.807) is 12.3 Å². The average molecular weight is 245 g/mol. The van der Waals surface area contributed by atoms with E-state index >= 15 is 0 Å². The van der Waals surface area contributed by atoms with Crippen molar-refractivity contribution in [1.29, 1.82) is 0 Å². The molecule has 1 fully saturated rings. The molecule has 1 heterocycles. The standard InChI is InChI=1S/C11H14Cl2N2/c12-8-6-10(13)11(14-7-8)15-9-4-2-1-3-5-9/h6-7,9H,1-5H2,(H,14,15). The third kappa shape index (κ3) is 2.99. The molecule has 1 aromatic heterocycles. The third-order valence-corrected chi connectivity index (χ3v) is 3.25.